The van der Waals surface area contributed by atoms with Gasteiger partial charge in [0.15, 0.2) is 5.82 Å². The number of fused-ring (bicyclic) bond motifs is 1. The second-order valence-electron chi connectivity index (χ2n) is 6.00. The Morgan fingerprint density at radius 1 is 1.16 bits per heavy atom. The predicted octanol–water partition coefficient (Wildman–Crippen LogP) is 3.75. The van der Waals surface area contributed by atoms with Crippen LogP contribution in [0.4, 0.5) is 17.2 Å². The minimum absolute atomic E-state index is 0.200. The van der Waals surface area contributed by atoms with Crippen LogP contribution in [0.15, 0.2) is 52.8 Å². The highest BCUT2D eigenvalue weighted by Gasteiger charge is 2.15. The number of pyridine rings is 1. The highest BCUT2D eigenvalue weighted by atomic mass is 16.4. The molecule has 2 aromatic heterocycles. The van der Waals surface area contributed by atoms with E-state index >= 15 is 0 Å². The maximum Gasteiger partial charge on any atom is 0.309 e. The van der Waals surface area contributed by atoms with Crippen LogP contribution in [-0.2, 0) is 11.2 Å². The van der Waals surface area contributed by atoms with Crippen LogP contribution in [0.5, 0.6) is 0 Å². The Hall–Kier alpha value is -3.22. The van der Waals surface area contributed by atoms with Crippen LogP contribution in [0.3, 0.4) is 0 Å². The lowest BCUT2D eigenvalue weighted by Gasteiger charge is -2.11. The highest BCUT2D eigenvalue weighted by molar-refractivity contribution is 5.72. The Kier molecular flexibility index (Phi) is 4.47. The number of hydrogen-bond donors (Lipinski definition) is 1. The van der Waals surface area contributed by atoms with Crippen LogP contribution in [0.2, 0.25) is 0 Å². The van der Waals surface area contributed by atoms with E-state index in [4.69, 9.17) is 5.11 Å². The molecule has 0 bridgehead atoms. The summed E-state index contributed by atoms with van der Waals surface area (Å²) in [6, 6.07) is 11.4. The molecule has 3 aromatic rings. The molecule has 25 heavy (non-hydrogen) atoms. The van der Waals surface area contributed by atoms with Gasteiger partial charge in [0.2, 0.25) is 0 Å². The number of azo groups is 1. The molecule has 1 N–H and O–H groups in total. The van der Waals surface area contributed by atoms with E-state index in [1.165, 1.54) is 0 Å². The van der Waals surface area contributed by atoms with E-state index in [0.29, 0.717) is 22.8 Å². The second kappa shape index (κ2) is 6.72. The Labute approximate surface area is 145 Å². The zero-order valence-electron chi connectivity index (χ0n) is 14.3. The fraction of sp³-hybridized carbons (Fsp3) is 0.222. The van der Waals surface area contributed by atoms with Crippen LogP contribution in [0, 0.1) is 6.92 Å². The summed E-state index contributed by atoms with van der Waals surface area (Å²) in [4.78, 5) is 17.5. The summed E-state index contributed by atoms with van der Waals surface area (Å²) in [5.74, 6) is -0.510. The molecule has 7 nitrogen and oxygen atoms in total. The molecule has 0 atom stereocenters. The first-order chi connectivity index (χ1) is 11.9. The van der Waals surface area contributed by atoms with Gasteiger partial charge in [0.05, 0.1) is 17.8 Å². The number of nitrogens with zero attached hydrogens (tertiary/aromatic N) is 5. The number of aryl methyl sites for hydroxylation is 1. The lowest BCUT2D eigenvalue weighted by Crippen LogP contribution is -2.07. The molecule has 0 amide bonds. The van der Waals surface area contributed by atoms with Gasteiger partial charge in [-0.25, -0.2) is 4.98 Å². The molecule has 1 aromatic carbocycles. The number of aromatic nitrogens is 2. The van der Waals surface area contributed by atoms with Crippen LogP contribution in [-0.4, -0.2) is 34.6 Å². The Morgan fingerprint density at radius 3 is 2.52 bits per heavy atom. The maximum absolute atomic E-state index is 11.1. The molecular formula is C18H19N5O2. The first-order valence-electron chi connectivity index (χ1n) is 7.82. The van der Waals surface area contributed by atoms with Crippen LogP contribution >= 0.6 is 0 Å². The van der Waals surface area contributed by atoms with E-state index in [1.54, 1.807) is 4.40 Å². The normalized spacial score (nSPS) is 11.3. The van der Waals surface area contributed by atoms with E-state index < -0.39 is 5.97 Å². The lowest BCUT2D eigenvalue weighted by molar-refractivity contribution is -0.136. The Bertz CT molecular complexity index is 942. The van der Waals surface area contributed by atoms with Crippen molar-refractivity contribution in [1.29, 1.82) is 0 Å². The van der Waals surface area contributed by atoms with Gasteiger partial charge in [-0.2, -0.15) is 0 Å². The van der Waals surface area contributed by atoms with Crippen molar-refractivity contribution in [3.05, 3.63) is 53.9 Å². The van der Waals surface area contributed by atoms with Crippen molar-refractivity contribution in [3.63, 3.8) is 0 Å². The van der Waals surface area contributed by atoms with Crippen molar-refractivity contribution in [2.75, 3.05) is 19.0 Å². The van der Waals surface area contributed by atoms with Gasteiger partial charge in [-0.15, -0.1) is 10.2 Å². The average Bonchev–Trinajstić information content (AvgIpc) is 2.89. The van der Waals surface area contributed by atoms with E-state index in [2.05, 4.69) is 15.2 Å². The van der Waals surface area contributed by atoms with E-state index in [-0.39, 0.29) is 6.42 Å². The summed E-state index contributed by atoms with van der Waals surface area (Å²) in [5.41, 5.74) is 3.83. The summed E-state index contributed by atoms with van der Waals surface area (Å²) in [5, 5.41) is 17.6. The van der Waals surface area contributed by atoms with Crippen LogP contribution in [0.1, 0.15) is 11.3 Å². The molecule has 0 spiro atoms. The number of carboxylic acid groups (broad SMARTS) is 1. The van der Waals surface area contributed by atoms with Crippen molar-refractivity contribution >= 4 is 28.8 Å². The molecule has 0 unspecified atom stereocenters. The molecule has 7 heteroatoms. The fourth-order valence-electron chi connectivity index (χ4n) is 2.48. The topological polar surface area (TPSA) is 82.6 Å². The highest BCUT2D eigenvalue weighted by Crippen LogP contribution is 2.26. The number of imidazole rings is 1. The number of hydrogen-bond acceptors (Lipinski definition) is 5. The summed E-state index contributed by atoms with van der Waals surface area (Å²) < 4.78 is 1.77. The van der Waals surface area contributed by atoms with Crippen molar-refractivity contribution in [3.8, 4) is 0 Å². The number of rotatable bonds is 5. The predicted molar refractivity (Wildman–Crippen MR) is 96.2 cm³/mol. The minimum Gasteiger partial charge on any atom is -0.481 e. The fourth-order valence-corrected chi connectivity index (χ4v) is 2.48. The molecule has 0 aliphatic rings. The van der Waals surface area contributed by atoms with E-state index in [9.17, 15) is 4.79 Å². The number of carboxylic acids is 1. The zero-order valence-corrected chi connectivity index (χ0v) is 14.3. The van der Waals surface area contributed by atoms with Gasteiger partial charge in [-0.05, 0) is 42.8 Å². The second-order valence-corrected chi connectivity index (χ2v) is 6.00. The smallest absolute Gasteiger partial charge is 0.309 e. The van der Waals surface area contributed by atoms with Crippen molar-refractivity contribution in [2.45, 2.75) is 13.3 Å². The maximum atomic E-state index is 11.1. The van der Waals surface area contributed by atoms with E-state index in [1.807, 2.05) is 68.5 Å². The van der Waals surface area contributed by atoms with Crippen molar-refractivity contribution in [1.82, 2.24) is 9.38 Å². The molecule has 0 radical (unpaired) electrons. The summed E-state index contributed by atoms with van der Waals surface area (Å²) in [7, 11) is 3.94. The minimum atomic E-state index is -0.952. The van der Waals surface area contributed by atoms with Crippen LogP contribution in [0.25, 0.3) is 5.65 Å². The summed E-state index contributed by atoms with van der Waals surface area (Å²) in [6.07, 6.45) is 1.67. The monoisotopic (exact) mass is 337 g/mol. The third-order valence-corrected chi connectivity index (χ3v) is 3.76. The number of carbonyl (C=O) groups is 1. The summed E-state index contributed by atoms with van der Waals surface area (Å²) in [6.45, 7) is 1.96. The van der Waals surface area contributed by atoms with Gasteiger partial charge in [0, 0.05) is 26.0 Å². The van der Waals surface area contributed by atoms with Crippen LogP contribution < -0.4 is 4.90 Å². The van der Waals surface area contributed by atoms with Crippen molar-refractivity contribution in [2.24, 2.45) is 10.2 Å². The van der Waals surface area contributed by atoms with Gasteiger partial charge in [0.25, 0.3) is 0 Å². The number of aliphatic carboxylic acids is 1. The number of anilines is 1. The average molecular weight is 337 g/mol. The lowest BCUT2D eigenvalue weighted by atomic mass is 10.3. The zero-order chi connectivity index (χ0) is 18.0. The van der Waals surface area contributed by atoms with Gasteiger partial charge < -0.3 is 10.0 Å². The molecule has 0 fully saturated rings. The third kappa shape index (κ3) is 3.65. The molecule has 0 saturated carbocycles. The van der Waals surface area contributed by atoms with Crippen molar-refractivity contribution < 1.29 is 9.90 Å². The first kappa shape index (κ1) is 16.6. The largest absolute Gasteiger partial charge is 0.481 e. The molecule has 0 aliphatic heterocycles. The van der Waals surface area contributed by atoms with Gasteiger partial charge in [-0.1, -0.05) is 6.07 Å². The first-order valence-corrected chi connectivity index (χ1v) is 7.82. The standard InChI is InChI=1S/C18H19N5O2/c1-12-4-9-16-19-15(10-17(24)25)18(23(16)11-12)21-20-13-5-7-14(8-6-13)22(2)3/h4-9,11H,10H2,1-3H3,(H,24,25). The number of benzene rings is 1. The Morgan fingerprint density at radius 2 is 1.88 bits per heavy atom. The third-order valence-electron chi connectivity index (χ3n) is 3.76. The molecule has 2 heterocycles. The summed E-state index contributed by atoms with van der Waals surface area (Å²) >= 11 is 0. The Balaban J connectivity index is 2.00. The van der Waals surface area contributed by atoms with Gasteiger partial charge >= 0.3 is 5.97 Å². The quantitative estimate of drug-likeness (QED) is 0.719. The van der Waals surface area contributed by atoms with Gasteiger partial charge in [-0.3, -0.25) is 9.20 Å². The molecule has 3 rings (SSSR count). The molecular weight excluding hydrogens is 318 g/mol. The van der Waals surface area contributed by atoms with Gasteiger partial charge in [0.1, 0.15) is 5.65 Å². The molecule has 0 aliphatic carbocycles. The SMILES string of the molecule is Cc1ccc2nc(CC(=O)O)c(N=Nc3ccc(N(C)C)cc3)n2c1. The van der Waals surface area contributed by atoms with E-state index in [0.717, 1.165) is 11.3 Å². The molecule has 128 valence electrons. The molecule has 0 saturated heterocycles.